The topological polar surface area (TPSA) is 89.2 Å². The number of sulfonamides is 1. The van der Waals surface area contributed by atoms with E-state index in [0.717, 1.165) is 6.54 Å². The largest absolute Gasteiger partial charge is 0.468 e. The lowest BCUT2D eigenvalue weighted by Gasteiger charge is -2.07. The molecular weight excluding hydrogens is 292 g/mol. The fourth-order valence-electron chi connectivity index (χ4n) is 1.74. The molecule has 0 atom stereocenters. The zero-order valence-electron chi connectivity index (χ0n) is 12.1. The molecule has 7 nitrogen and oxygen atoms in total. The molecule has 0 radical (unpaired) electrons. The quantitative estimate of drug-likeness (QED) is 0.757. The van der Waals surface area contributed by atoms with Gasteiger partial charge < -0.3 is 9.73 Å². The molecule has 0 saturated carbocycles. The van der Waals surface area contributed by atoms with E-state index in [-0.39, 0.29) is 11.4 Å². The zero-order valence-corrected chi connectivity index (χ0v) is 12.9. The van der Waals surface area contributed by atoms with Crippen LogP contribution in [0.15, 0.2) is 40.1 Å². The predicted molar refractivity (Wildman–Crippen MR) is 78.1 cm³/mol. The van der Waals surface area contributed by atoms with Crippen molar-refractivity contribution in [1.82, 2.24) is 19.8 Å². The molecule has 0 fully saturated rings. The van der Waals surface area contributed by atoms with Gasteiger partial charge >= 0.3 is 0 Å². The highest BCUT2D eigenvalue weighted by Crippen LogP contribution is 2.08. The number of hydrogen-bond donors (Lipinski definition) is 2. The van der Waals surface area contributed by atoms with Gasteiger partial charge in [-0.1, -0.05) is 13.8 Å². The molecule has 8 heteroatoms. The van der Waals surface area contributed by atoms with Crippen molar-refractivity contribution in [2.24, 2.45) is 0 Å². The van der Waals surface area contributed by atoms with Gasteiger partial charge in [0.25, 0.3) is 0 Å². The molecular formula is C13H20N4O3S. The lowest BCUT2D eigenvalue weighted by molar-refractivity contribution is 0.498. The molecule has 2 heterocycles. The van der Waals surface area contributed by atoms with E-state index in [1.165, 1.54) is 18.7 Å². The van der Waals surface area contributed by atoms with Crippen LogP contribution in [0.25, 0.3) is 0 Å². The van der Waals surface area contributed by atoms with Crippen LogP contribution in [-0.2, 0) is 23.1 Å². The Morgan fingerprint density at radius 1 is 1.43 bits per heavy atom. The van der Waals surface area contributed by atoms with E-state index in [1.807, 2.05) is 0 Å². The summed E-state index contributed by atoms with van der Waals surface area (Å²) < 4.78 is 33.4. The van der Waals surface area contributed by atoms with Gasteiger partial charge in [0, 0.05) is 18.8 Å². The Labute approximate surface area is 124 Å². The monoisotopic (exact) mass is 312 g/mol. The second-order valence-corrected chi connectivity index (χ2v) is 6.72. The number of aromatic nitrogens is 2. The van der Waals surface area contributed by atoms with E-state index in [4.69, 9.17) is 4.42 Å². The Balaban J connectivity index is 1.92. The number of nitrogens with zero attached hydrogens (tertiary/aromatic N) is 2. The standard InChI is InChI=1S/C13H20N4O3S/c1-11(2)14-5-6-17-10-13(9-15-17)21(18,19)16-8-12-4-3-7-20-12/h3-4,7,9-11,14,16H,5-6,8H2,1-2H3. The third-order valence-electron chi connectivity index (χ3n) is 2.83. The second-order valence-electron chi connectivity index (χ2n) is 4.95. The van der Waals surface area contributed by atoms with Crippen LogP contribution < -0.4 is 10.0 Å². The maximum Gasteiger partial charge on any atom is 0.244 e. The van der Waals surface area contributed by atoms with Gasteiger partial charge in [0.05, 0.1) is 25.5 Å². The van der Waals surface area contributed by atoms with E-state index >= 15 is 0 Å². The minimum atomic E-state index is -3.57. The van der Waals surface area contributed by atoms with Crippen molar-refractivity contribution in [2.75, 3.05) is 6.54 Å². The van der Waals surface area contributed by atoms with Crippen LogP contribution in [0.5, 0.6) is 0 Å². The zero-order chi connectivity index (χ0) is 15.3. The van der Waals surface area contributed by atoms with Gasteiger partial charge in [-0.3, -0.25) is 4.68 Å². The Kier molecular flexibility index (Phi) is 5.16. The molecule has 21 heavy (non-hydrogen) atoms. The third kappa shape index (κ3) is 4.69. The first-order chi connectivity index (χ1) is 9.97. The van der Waals surface area contributed by atoms with Crippen LogP contribution in [0.2, 0.25) is 0 Å². The first-order valence-corrected chi connectivity index (χ1v) is 8.23. The molecule has 116 valence electrons. The summed E-state index contributed by atoms with van der Waals surface area (Å²) in [4.78, 5) is 0.151. The number of rotatable bonds is 8. The highest BCUT2D eigenvalue weighted by molar-refractivity contribution is 7.89. The first kappa shape index (κ1) is 15.7. The molecule has 0 unspecified atom stereocenters. The van der Waals surface area contributed by atoms with Crippen molar-refractivity contribution in [3.8, 4) is 0 Å². The van der Waals surface area contributed by atoms with E-state index in [0.29, 0.717) is 18.3 Å². The van der Waals surface area contributed by atoms with Crippen LogP contribution in [0.1, 0.15) is 19.6 Å². The van der Waals surface area contributed by atoms with E-state index in [2.05, 4.69) is 29.0 Å². The molecule has 0 aromatic carbocycles. The lowest BCUT2D eigenvalue weighted by atomic mass is 10.4. The lowest BCUT2D eigenvalue weighted by Crippen LogP contribution is -2.26. The Hall–Kier alpha value is -1.64. The summed E-state index contributed by atoms with van der Waals surface area (Å²) >= 11 is 0. The third-order valence-corrected chi connectivity index (χ3v) is 4.19. The fraction of sp³-hybridized carbons (Fsp3) is 0.462. The van der Waals surface area contributed by atoms with Gasteiger partial charge in [-0.15, -0.1) is 0 Å². The molecule has 2 aromatic rings. The molecule has 2 N–H and O–H groups in total. The van der Waals surface area contributed by atoms with Crippen LogP contribution in [0, 0.1) is 0 Å². The highest BCUT2D eigenvalue weighted by atomic mass is 32.2. The summed E-state index contributed by atoms with van der Waals surface area (Å²) in [5, 5.41) is 7.31. The van der Waals surface area contributed by atoms with Crippen LogP contribution >= 0.6 is 0 Å². The second kappa shape index (κ2) is 6.88. The molecule has 0 aliphatic heterocycles. The predicted octanol–water partition coefficient (Wildman–Crippen LogP) is 0.953. The molecule has 0 spiro atoms. The van der Waals surface area contributed by atoms with Gasteiger partial charge in [-0.25, -0.2) is 13.1 Å². The normalized spacial score (nSPS) is 12.1. The smallest absolute Gasteiger partial charge is 0.244 e. The maximum absolute atomic E-state index is 12.1. The molecule has 0 amide bonds. The van der Waals surface area contributed by atoms with Crippen LogP contribution in [0.4, 0.5) is 0 Å². The van der Waals surface area contributed by atoms with Gasteiger partial charge in [0.15, 0.2) is 0 Å². The summed E-state index contributed by atoms with van der Waals surface area (Å²) in [5.41, 5.74) is 0. The van der Waals surface area contributed by atoms with Crippen molar-refractivity contribution < 1.29 is 12.8 Å². The summed E-state index contributed by atoms with van der Waals surface area (Å²) in [7, 11) is -3.57. The minimum absolute atomic E-state index is 0.120. The van der Waals surface area contributed by atoms with Crippen molar-refractivity contribution in [1.29, 1.82) is 0 Å². The fourth-order valence-corrected chi connectivity index (χ4v) is 2.68. The van der Waals surface area contributed by atoms with Crippen molar-refractivity contribution in [3.63, 3.8) is 0 Å². The van der Waals surface area contributed by atoms with E-state index in [9.17, 15) is 8.42 Å². The highest BCUT2D eigenvalue weighted by Gasteiger charge is 2.16. The first-order valence-electron chi connectivity index (χ1n) is 6.75. The number of hydrogen-bond acceptors (Lipinski definition) is 5. The average molecular weight is 312 g/mol. The maximum atomic E-state index is 12.1. The van der Waals surface area contributed by atoms with Crippen molar-refractivity contribution in [3.05, 3.63) is 36.5 Å². The van der Waals surface area contributed by atoms with E-state index < -0.39 is 10.0 Å². The number of nitrogens with one attached hydrogen (secondary N) is 2. The summed E-state index contributed by atoms with van der Waals surface area (Å²) in [6.07, 6.45) is 4.37. The van der Waals surface area contributed by atoms with Gasteiger partial charge in [0.1, 0.15) is 10.7 Å². The molecule has 2 aromatic heterocycles. The average Bonchev–Trinajstić information content (AvgIpc) is 3.07. The molecule has 0 aliphatic rings. The molecule has 0 aliphatic carbocycles. The SMILES string of the molecule is CC(C)NCCn1cc(S(=O)(=O)NCc2ccco2)cn1. The van der Waals surface area contributed by atoms with Crippen LogP contribution in [0.3, 0.4) is 0 Å². The molecule has 2 rings (SSSR count). The van der Waals surface area contributed by atoms with E-state index in [1.54, 1.807) is 16.8 Å². The summed E-state index contributed by atoms with van der Waals surface area (Å²) in [6, 6.07) is 3.81. The Bertz CT molecular complexity index is 647. The van der Waals surface area contributed by atoms with Gasteiger partial charge in [-0.2, -0.15) is 5.10 Å². The summed E-state index contributed by atoms with van der Waals surface area (Å²) in [6.45, 7) is 5.58. The Morgan fingerprint density at radius 3 is 2.90 bits per heavy atom. The molecule has 0 bridgehead atoms. The summed E-state index contributed by atoms with van der Waals surface area (Å²) in [5.74, 6) is 0.562. The van der Waals surface area contributed by atoms with Crippen molar-refractivity contribution >= 4 is 10.0 Å². The van der Waals surface area contributed by atoms with Crippen molar-refractivity contribution in [2.45, 2.75) is 37.9 Å². The van der Waals surface area contributed by atoms with Gasteiger partial charge in [-0.05, 0) is 12.1 Å². The molecule has 0 saturated heterocycles. The Morgan fingerprint density at radius 2 is 2.24 bits per heavy atom. The minimum Gasteiger partial charge on any atom is -0.468 e. The number of furan rings is 1. The van der Waals surface area contributed by atoms with Gasteiger partial charge in [0.2, 0.25) is 10.0 Å². The van der Waals surface area contributed by atoms with Crippen LogP contribution in [-0.4, -0.2) is 30.8 Å².